The Morgan fingerprint density at radius 2 is 2.24 bits per heavy atom. The smallest absolute Gasteiger partial charge is 0.317 e. The Morgan fingerprint density at radius 3 is 2.71 bits per heavy atom. The number of carbonyl (C=O) groups is 1. The summed E-state index contributed by atoms with van der Waals surface area (Å²) >= 11 is 1.74. The van der Waals surface area contributed by atoms with Crippen molar-refractivity contribution >= 4 is 27.6 Å². The van der Waals surface area contributed by atoms with Crippen LogP contribution in [0, 0.1) is 0 Å². The molecule has 0 aliphatic carbocycles. The van der Waals surface area contributed by atoms with Crippen LogP contribution in [0.15, 0.2) is 0 Å². The Bertz CT molecular complexity index is 355. The summed E-state index contributed by atoms with van der Waals surface area (Å²) in [5.41, 5.74) is 0. The quantitative estimate of drug-likeness (QED) is 0.677. The van der Waals surface area contributed by atoms with Crippen LogP contribution in [0.25, 0.3) is 0 Å². The third-order valence-electron chi connectivity index (χ3n) is 2.79. The standard InChI is InChI=1S/C10H19NO4S2/c1-2-16-5-4-11(7-10(12)13)9-3-6-17(14,15)8-9/h9H,2-8H2,1H3,(H,12,13). The van der Waals surface area contributed by atoms with E-state index >= 15 is 0 Å². The van der Waals surface area contributed by atoms with Gasteiger partial charge in [0.15, 0.2) is 9.84 Å². The van der Waals surface area contributed by atoms with Crippen LogP contribution in [0.2, 0.25) is 0 Å². The lowest BCUT2D eigenvalue weighted by molar-refractivity contribution is -0.138. The molecule has 1 atom stereocenters. The molecule has 5 nitrogen and oxygen atoms in total. The number of carboxylic acid groups (broad SMARTS) is 1. The molecule has 17 heavy (non-hydrogen) atoms. The second-order valence-electron chi connectivity index (χ2n) is 4.12. The van der Waals surface area contributed by atoms with Gasteiger partial charge in [-0.15, -0.1) is 0 Å². The van der Waals surface area contributed by atoms with Crippen LogP contribution < -0.4 is 0 Å². The monoisotopic (exact) mass is 281 g/mol. The van der Waals surface area contributed by atoms with Crippen LogP contribution >= 0.6 is 11.8 Å². The van der Waals surface area contributed by atoms with Crippen LogP contribution in [0.1, 0.15) is 13.3 Å². The van der Waals surface area contributed by atoms with Crippen molar-refractivity contribution in [3.05, 3.63) is 0 Å². The predicted octanol–water partition coefficient (Wildman–Crippen LogP) is 0.313. The third-order valence-corrected chi connectivity index (χ3v) is 5.42. The maximum atomic E-state index is 11.4. The van der Waals surface area contributed by atoms with Gasteiger partial charge in [0.1, 0.15) is 0 Å². The number of thioether (sulfide) groups is 1. The molecule has 0 bridgehead atoms. The molecule has 0 amide bonds. The number of hydrogen-bond donors (Lipinski definition) is 1. The van der Waals surface area contributed by atoms with E-state index in [0.717, 1.165) is 11.5 Å². The average Bonchev–Trinajstić information content (AvgIpc) is 2.57. The van der Waals surface area contributed by atoms with Crippen LogP contribution in [-0.2, 0) is 14.6 Å². The summed E-state index contributed by atoms with van der Waals surface area (Å²) in [4.78, 5) is 12.5. The van der Waals surface area contributed by atoms with Gasteiger partial charge in [-0.25, -0.2) is 8.42 Å². The van der Waals surface area contributed by atoms with Gasteiger partial charge in [-0.05, 0) is 12.2 Å². The fourth-order valence-corrected chi connectivity index (χ4v) is 4.37. The molecule has 100 valence electrons. The Labute approximate surface area is 106 Å². The molecule has 0 saturated carbocycles. The van der Waals surface area contributed by atoms with Crippen LogP contribution in [0.3, 0.4) is 0 Å². The minimum Gasteiger partial charge on any atom is -0.480 e. The number of nitrogens with zero attached hydrogens (tertiary/aromatic N) is 1. The van der Waals surface area contributed by atoms with Gasteiger partial charge >= 0.3 is 5.97 Å². The zero-order valence-electron chi connectivity index (χ0n) is 9.96. The molecule has 0 radical (unpaired) electrons. The third kappa shape index (κ3) is 5.27. The van der Waals surface area contributed by atoms with Gasteiger partial charge in [0.25, 0.3) is 0 Å². The molecule has 1 aliphatic heterocycles. The van der Waals surface area contributed by atoms with Crippen molar-refractivity contribution in [2.24, 2.45) is 0 Å². The molecular formula is C10H19NO4S2. The Morgan fingerprint density at radius 1 is 1.53 bits per heavy atom. The number of sulfone groups is 1. The van der Waals surface area contributed by atoms with Crippen molar-refractivity contribution in [3.8, 4) is 0 Å². The number of carboxylic acids is 1. The van der Waals surface area contributed by atoms with Gasteiger partial charge in [0.05, 0.1) is 18.1 Å². The minimum atomic E-state index is -2.95. The van der Waals surface area contributed by atoms with Gasteiger partial charge in [0, 0.05) is 18.3 Å². The van der Waals surface area contributed by atoms with Crippen molar-refractivity contribution < 1.29 is 18.3 Å². The molecule has 0 spiro atoms. The highest BCUT2D eigenvalue weighted by Crippen LogP contribution is 2.18. The SMILES string of the molecule is CCSCCN(CC(=O)O)C1CCS(=O)(=O)C1. The van der Waals surface area contributed by atoms with Gasteiger partial charge in [-0.2, -0.15) is 11.8 Å². The lowest BCUT2D eigenvalue weighted by atomic mass is 10.2. The zero-order valence-corrected chi connectivity index (χ0v) is 11.6. The molecule has 1 rings (SSSR count). The molecule has 1 N–H and O–H groups in total. The van der Waals surface area contributed by atoms with E-state index in [1.54, 1.807) is 16.7 Å². The summed E-state index contributed by atoms with van der Waals surface area (Å²) in [6, 6.07) is -0.117. The van der Waals surface area contributed by atoms with E-state index in [0.29, 0.717) is 13.0 Å². The molecule has 0 aromatic carbocycles. The minimum absolute atomic E-state index is 0.0650. The highest BCUT2D eigenvalue weighted by atomic mass is 32.2. The molecule has 0 aromatic heterocycles. The van der Waals surface area contributed by atoms with Crippen LogP contribution in [0.4, 0.5) is 0 Å². The van der Waals surface area contributed by atoms with E-state index in [4.69, 9.17) is 5.11 Å². The van der Waals surface area contributed by atoms with Gasteiger partial charge in [-0.1, -0.05) is 6.92 Å². The van der Waals surface area contributed by atoms with E-state index in [2.05, 4.69) is 0 Å². The van der Waals surface area contributed by atoms with Crippen molar-refractivity contribution in [1.82, 2.24) is 4.90 Å². The van der Waals surface area contributed by atoms with Gasteiger partial charge < -0.3 is 5.11 Å². The largest absolute Gasteiger partial charge is 0.480 e. The van der Waals surface area contributed by atoms with Crippen molar-refractivity contribution in [2.45, 2.75) is 19.4 Å². The molecule has 1 aliphatic rings. The summed E-state index contributed by atoms with van der Waals surface area (Å²) in [7, 11) is -2.95. The lowest BCUT2D eigenvalue weighted by Crippen LogP contribution is -2.41. The normalized spacial score (nSPS) is 23.1. The second kappa shape index (κ2) is 6.61. The first-order chi connectivity index (χ1) is 7.94. The molecule has 1 saturated heterocycles. The Balaban J connectivity index is 2.53. The van der Waals surface area contributed by atoms with Crippen molar-refractivity contribution in [1.29, 1.82) is 0 Å². The molecule has 1 heterocycles. The molecule has 7 heteroatoms. The summed E-state index contributed by atoms with van der Waals surface area (Å²) in [5.74, 6) is 1.24. The lowest BCUT2D eigenvalue weighted by Gasteiger charge is -2.25. The topological polar surface area (TPSA) is 74.7 Å². The van der Waals surface area contributed by atoms with Gasteiger partial charge in [0.2, 0.25) is 0 Å². The first-order valence-electron chi connectivity index (χ1n) is 5.68. The van der Waals surface area contributed by atoms with Crippen LogP contribution in [0.5, 0.6) is 0 Å². The Kier molecular flexibility index (Phi) is 5.75. The maximum Gasteiger partial charge on any atom is 0.317 e. The van der Waals surface area contributed by atoms with E-state index in [9.17, 15) is 13.2 Å². The average molecular weight is 281 g/mol. The fraction of sp³-hybridized carbons (Fsp3) is 0.900. The summed E-state index contributed by atoms with van der Waals surface area (Å²) in [6.45, 7) is 2.63. The molecule has 1 fully saturated rings. The number of rotatable bonds is 7. The van der Waals surface area contributed by atoms with Gasteiger partial charge in [-0.3, -0.25) is 9.69 Å². The summed E-state index contributed by atoms with van der Waals surface area (Å²) in [5, 5.41) is 8.83. The van der Waals surface area contributed by atoms with E-state index < -0.39 is 15.8 Å². The fourth-order valence-electron chi connectivity index (χ4n) is 1.95. The van der Waals surface area contributed by atoms with Crippen molar-refractivity contribution in [2.75, 3.05) is 36.1 Å². The highest BCUT2D eigenvalue weighted by Gasteiger charge is 2.32. The first kappa shape index (κ1) is 14.8. The van der Waals surface area contributed by atoms with E-state index in [1.807, 2.05) is 6.92 Å². The molecule has 1 unspecified atom stereocenters. The first-order valence-corrected chi connectivity index (χ1v) is 8.66. The number of aliphatic carboxylic acids is 1. The Hall–Kier alpha value is -0.270. The second-order valence-corrected chi connectivity index (χ2v) is 7.74. The summed E-state index contributed by atoms with van der Waals surface area (Å²) < 4.78 is 22.8. The van der Waals surface area contributed by atoms with Crippen LogP contribution in [-0.4, -0.2) is 66.5 Å². The van der Waals surface area contributed by atoms with Crippen molar-refractivity contribution in [3.63, 3.8) is 0 Å². The van der Waals surface area contributed by atoms with E-state index in [1.165, 1.54) is 0 Å². The summed E-state index contributed by atoms with van der Waals surface area (Å²) in [6.07, 6.45) is 0.562. The molecular weight excluding hydrogens is 262 g/mol. The zero-order chi connectivity index (χ0) is 12.9. The maximum absolute atomic E-state index is 11.4. The predicted molar refractivity (Wildman–Crippen MR) is 69.3 cm³/mol. The number of hydrogen-bond acceptors (Lipinski definition) is 5. The van der Waals surface area contributed by atoms with E-state index in [-0.39, 0.29) is 24.1 Å². The molecule has 0 aromatic rings. The highest BCUT2D eigenvalue weighted by molar-refractivity contribution is 7.99.